The molecule has 6 heteroatoms. The molecule has 0 spiro atoms. The molecule has 0 aromatic carbocycles. The summed E-state index contributed by atoms with van der Waals surface area (Å²) in [5.41, 5.74) is 5.30. The lowest BCUT2D eigenvalue weighted by Gasteiger charge is -2.08. The number of rotatable bonds is 4. The van der Waals surface area contributed by atoms with Crippen molar-refractivity contribution in [2.45, 2.75) is 6.10 Å². The highest BCUT2D eigenvalue weighted by Gasteiger charge is 2.10. The van der Waals surface area contributed by atoms with Crippen LogP contribution in [0, 0.1) is 11.3 Å². The molecule has 78 valence electrons. The molecule has 0 fully saturated rings. The highest BCUT2D eigenvalue weighted by atomic mass is 16.3. The van der Waals surface area contributed by atoms with Crippen LogP contribution < -0.4 is 11.1 Å². The van der Waals surface area contributed by atoms with E-state index >= 15 is 0 Å². The van der Waals surface area contributed by atoms with Crippen LogP contribution in [0.5, 0.6) is 0 Å². The van der Waals surface area contributed by atoms with Gasteiger partial charge in [0.25, 0.3) is 0 Å². The molecule has 1 aromatic heterocycles. The molecule has 0 aliphatic heterocycles. The third-order valence-corrected chi connectivity index (χ3v) is 1.69. The second-order valence-corrected chi connectivity index (χ2v) is 2.84. The fourth-order valence-corrected chi connectivity index (χ4v) is 0.899. The lowest BCUT2D eigenvalue weighted by atomic mass is 10.3. The molecule has 1 aromatic rings. The summed E-state index contributed by atoms with van der Waals surface area (Å²) in [6.07, 6.45) is 0.190. The van der Waals surface area contributed by atoms with Crippen molar-refractivity contribution in [3.05, 3.63) is 23.9 Å². The van der Waals surface area contributed by atoms with Gasteiger partial charge in [0.2, 0.25) is 5.91 Å². The predicted octanol–water partition coefficient (Wildman–Crippen LogP) is -0.789. The first-order valence-electron chi connectivity index (χ1n) is 4.21. The zero-order valence-corrected chi connectivity index (χ0v) is 7.84. The van der Waals surface area contributed by atoms with Crippen molar-refractivity contribution in [2.75, 3.05) is 11.9 Å². The maximum Gasteiger partial charge on any atom is 0.248 e. The Morgan fingerprint density at radius 3 is 3.13 bits per heavy atom. The van der Waals surface area contributed by atoms with Crippen molar-refractivity contribution in [3.63, 3.8) is 0 Å². The van der Waals surface area contributed by atoms with Crippen molar-refractivity contribution in [1.29, 1.82) is 5.26 Å². The van der Waals surface area contributed by atoms with E-state index in [0.29, 0.717) is 11.4 Å². The lowest BCUT2D eigenvalue weighted by Crippen LogP contribution is -2.34. The average molecular weight is 206 g/mol. The minimum atomic E-state index is -1.27. The molecule has 1 rings (SSSR count). The van der Waals surface area contributed by atoms with E-state index in [4.69, 9.17) is 16.1 Å². The second-order valence-electron chi connectivity index (χ2n) is 2.84. The molecule has 6 nitrogen and oxygen atoms in total. The Bertz CT molecular complexity index is 399. The molecule has 0 bridgehead atoms. The Hall–Kier alpha value is -2.13. The molecule has 0 saturated heterocycles. The fraction of sp³-hybridized carbons (Fsp3) is 0.222. The largest absolute Gasteiger partial charge is 0.381 e. The number of nitrogens with two attached hydrogens (primary N) is 1. The van der Waals surface area contributed by atoms with Crippen LogP contribution in [0.2, 0.25) is 0 Å². The van der Waals surface area contributed by atoms with E-state index in [1.165, 1.54) is 12.3 Å². The van der Waals surface area contributed by atoms with Crippen LogP contribution in [-0.2, 0) is 4.79 Å². The molecule has 0 radical (unpaired) electrons. The number of carbonyl (C=O) groups excluding carboxylic acids is 1. The Morgan fingerprint density at radius 1 is 1.80 bits per heavy atom. The van der Waals surface area contributed by atoms with Crippen molar-refractivity contribution < 1.29 is 9.90 Å². The van der Waals surface area contributed by atoms with Crippen LogP contribution >= 0.6 is 0 Å². The number of amides is 1. The van der Waals surface area contributed by atoms with Gasteiger partial charge in [-0.05, 0) is 12.1 Å². The number of hydrogen-bond acceptors (Lipinski definition) is 5. The Labute approximate surface area is 86.3 Å². The van der Waals surface area contributed by atoms with E-state index in [1.54, 1.807) is 6.07 Å². The minimum Gasteiger partial charge on any atom is -0.381 e. The first-order valence-corrected chi connectivity index (χ1v) is 4.21. The van der Waals surface area contributed by atoms with Gasteiger partial charge in [-0.2, -0.15) is 5.26 Å². The molecule has 1 amide bonds. The first kappa shape index (κ1) is 10.9. The van der Waals surface area contributed by atoms with Crippen LogP contribution in [0.4, 0.5) is 5.82 Å². The topological polar surface area (TPSA) is 112 Å². The molecule has 0 aliphatic rings. The second kappa shape index (κ2) is 4.93. The van der Waals surface area contributed by atoms with Crippen molar-refractivity contribution >= 4 is 11.7 Å². The maximum atomic E-state index is 10.5. The molecular weight excluding hydrogens is 196 g/mol. The van der Waals surface area contributed by atoms with Gasteiger partial charge in [0.15, 0.2) is 0 Å². The lowest BCUT2D eigenvalue weighted by molar-refractivity contribution is -0.125. The van der Waals surface area contributed by atoms with E-state index in [0.717, 1.165) is 0 Å². The van der Waals surface area contributed by atoms with Gasteiger partial charge in [-0.25, -0.2) is 4.98 Å². The average Bonchev–Trinajstić information content (AvgIpc) is 2.26. The smallest absolute Gasteiger partial charge is 0.248 e. The third kappa shape index (κ3) is 3.25. The summed E-state index contributed by atoms with van der Waals surface area (Å²) in [7, 11) is 0. The summed E-state index contributed by atoms with van der Waals surface area (Å²) in [4.78, 5) is 14.4. The van der Waals surface area contributed by atoms with Crippen LogP contribution in [0.3, 0.4) is 0 Å². The van der Waals surface area contributed by atoms with Crippen molar-refractivity contribution in [3.8, 4) is 6.07 Å². The highest BCUT2D eigenvalue weighted by molar-refractivity contribution is 5.79. The number of nitriles is 1. The molecule has 4 N–H and O–H groups in total. The van der Waals surface area contributed by atoms with Crippen LogP contribution in [0.25, 0.3) is 0 Å². The fourth-order valence-electron chi connectivity index (χ4n) is 0.899. The number of hydrogen-bond donors (Lipinski definition) is 3. The Morgan fingerprint density at radius 2 is 2.53 bits per heavy atom. The van der Waals surface area contributed by atoms with Gasteiger partial charge >= 0.3 is 0 Å². The summed E-state index contributed by atoms with van der Waals surface area (Å²) in [5.74, 6) is -0.395. The van der Waals surface area contributed by atoms with Crippen LogP contribution in [-0.4, -0.2) is 28.6 Å². The van der Waals surface area contributed by atoms with Crippen LogP contribution in [0.1, 0.15) is 5.56 Å². The van der Waals surface area contributed by atoms with E-state index < -0.39 is 12.0 Å². The number of aromatic nitrogens is 1. The zero-order valence-electron chi connectivity index (χ0n) is 7.84. The Kier molecular flexibility index (Phi) is 3.60. The first-order chi connectivity index (χ1) is 7.13. The Balaban J connectivity index is 2.58. The summed E-state index contributed by atoms with van der Waals surface area (Å²) in [5, 5.41) is 20.4. The van der Waals surface area contributed by atoms with E-state index in [1.807, 2.05) is 6.07 Å². The van der Waals surface area contributed by atoms with Gasteiger partial charge in [-0.15, -0.1) is 0 Å². The summed E-state index contributed by atoms with van der Waals surface area (Å²) in [6, 6.07) is 5.00. The number of aliphatic hydroxyl groups is 1. The van der Waals surface area contributed by atoms with E-state index in [9.17, 15) is 4.79 Å². The molecule has 0 saturated carbocycles. The van der Waals surface area contributed by atoms with E-state index in [-0.39, 0.29) is 6.54 Å². The zero-order chi connectivity index (χ0) is 11.3. The summed E-state index contributed by atoms with van der Waals surface area (Å²) >= 11 is 0. The quantitative estimate of drug-likeness (QED) is 0.597. The molecule has 0 aliphatic carbocycles. The number of primary amides is 1. The molecule has 15 heavy (non-hydrogen) atoms. The number of nitrogens with one attached hydrogen (secondary N) is 1. The van der Waals surface area contributed by atoms with Crippen molar-refractivity contribution in [2.24, 2.45) is 5.73 Å². The SMILES string of the molecule is N#Cc1ccnc(NCC(O)C(N)=O)c1. The van der Waals surface area contributed by atoms with Gasteiger partial charge in [0.05, 0.1) is 18.2 Å². The summed E-state index contributed by atoms with van der Waals surface area (Å²) < 4.78 is 0. The minimum absolute atomic E-state index is 0.0305. The maximum absolute atomic E-state index is 10.5. The highest BCUT2D eigenvalue weighted by Crippen LogP contribution is 2.05. The van der Waals surface area contributed by atoms with Crippen molar-refractivity contribution in [1.82, 2.24) is 4.98 Å². The number of pyridine rings is 1. The number of nitrogens with zero attached hydrogens (tertiary/aromatic N) is 2. The molecular formula is C9H10N4O2. The molecule has 1 atom stereocenters. The van der Waals surface area contributed by atoms with E-state index in [2.05, 4.69) is 10.3 Å². The van der Waals surface area contributed by atoms with Gasteiger partial charge in [0.1, 0.15) is 11.9 Å². The van der Waals surface area contributed by atoms with Gasteiger partial charge in [-0.3, -0.25) is 4.79 Å². The number of carbonyl (C=O) groups is 1. The van der Waals surface area contributed by atoms with Gasteiger partial charge in [0, 0.05) is 6.20 Å². The molecule has 1 heterocycles. The number of anilines is 1. The number of aliphatic hydroxyl groups excluding tert-OH is 1. The normalized spacial score (nSPS) is 11.5. The predicted molar refractivity (Wildman–Crippen MR) is 52.6 cm³/mol. The van der Waals surface area contributed by atoms with Gasteiger partial charge < -0.3 is 16.2 Å². The summed E-state index contributed by atoms with van der Waals surface area (Å²) in [6.45, 7) is -0.0305. The van der Waals surface area contributed by atoms with Gasteiger partial charge in [-0.1, -0.05) is 0 Å². The van der Waals surface area contributed by atoms with Crippen LogP contribution in [0.15, 0.2) is 18.3 Å². The molecule has 1 unspecified atom stereocenters. The monoisotopic (exact) mass is 206 g/mol. The standard InChI is InChI=1S/C9H10N4O2/c10-4-6-1-2-12-8(3-6)13-5-7(14)9(11)15/h1-3,7,14H,5H2,(H2,11,15)(H,12,13). The third-order valence-electron chi connectivity index (χ3n) is 1.69.